The zero-order valence-corrected chi connectivity index (χ0v) is 13.7. The molecule has 0 spiro atoms. The molecular formula is C16H25N3O3. The van der Waals surface area contributed by atoms with Crippen molar-refractivity contribution in [3.8, 4) is 0 Å². The summed E-state index contributed by atoms with van der Waals surface area (Å²) >= 11 is 0. The van der Waals surface area contributed by atoms with Crippen LogP contribution >= 0.6 is 0 Å². The largest absolute Gasteiger partial charge is 0.368 e. The molecule has 0 bridgehead atoms. The summed E-state index contributed by atoms with van der Waals surface area (Å²) in [6.07, 6.45) is 3.93. The third-order valence-electron chi connectivity index (χ3n) is 3.67. The van der Waals surface area contributed by atoms with Gasteiger partial charge < -0.3 is 15.5 Å². The number of likely N-dealkylation sites (N-methyl/N-ethyl adjacent to an activating group) is 1. The van der Waals surface area contributed by atoms with Gasteiger partial charge in [-0.3, -0.25) is 14.4 Å². The zero-order chi connectivity index (χ0) is 17.0. The molecule has 2 atom stereocenters. The van der Waals surface area contributed by atoms with Gasteiger partial charge in [0.25, 0.3) is 0 Å². The van der Waals surface area contributed by atoms with E-state index in [-0.39, 0.29) is 17.7 Å². The molecule has 1 rings (SSSR count). The van der Waals surface area contributed by atoms with Gasteiger partial charge in [0.05, 0.1) is 0 Å². The Kier molecular flexibility index (Phi) is 5.91. The van der Waals surface area contributed by atoms with Gasteiger partial charge in [-0.25, -0.2) is 0 Å². The van der Waals surface area contributed by atoms with Crippen molar-refractivity contribution >= 4 is 17.7 Å². The van der Waals surface area contributed by atoms with Crippen molar-refractivity contribution in [1.82, 2.24) is 9.80 Å². The maximum Gasteiger partial charge on any atom is 0.250 e. The van der Waals surface area contributed by atoms with Gasteiger partial charge in [0.15, 0.2) is 0 Å². The van der Waals surface area contributed by atoms with Crippen LogP contribution in [0.3, 0.4) is 0 Å². The molecule has 0 fully saturated rings. The van der Waals surface area contributed by atoms with E-state index in [1.54, 1.807) is 26.1 Å². The maximum atomic E-state index is 12.7. The summed E-state index contributed by atoms with van der Waals surface area (Å²) in [5.41, 5.74) is 5.79. The number of nitrogens with two attached hydrogens (primary N) is 1. The highest BCUT2D eigenvalue weighted by Crippen LogP contribution is 2.18. The molecule has 6 nitrogen and oxygen atoms in total. The molecular weight excluding hydrogens is 282 g/mol. The number of amides is 3. The first kappa shape index (κ1) is 17.9. The molecule has 6 heteroatoms. The fraction of sp³-hybridized carbons (Fsp3) is 0.562. The van der Waals surface area contributed by atoms with Gasteiger partial charge in [-0.2, -0.15) is 0 Å². The lowest BCUT2D eigenvalue weighted by Gasteiger charge is -2.32. The fourth-order valence-corrected chi connectivity index (χ4v) is 2.46. The molecule has 1 heterocycles. The first-order chi connectivity index (χ1) is 10.2. The average molecular weight is 307 g/mol. The minimum atomic E-state index is -0.705. The first-order valence-corrected chi connectivity index (χ1v) is 7.36. The molecule has 122 valence electrons. The molecule has 0 radical (unpaired) electrons. The van der Waals surface area contributed by atoms with Crippen molar-refractivity contribution < 1.29 is 14.4 Å². The highest BCUT2D eigenvalue weighted by Gasteiger charge is 2.36. The number of hydrogen-bond acceptors (Lipinski definition) is 3. The lowest BCUT2D eigenvalue weighted by atomic mass is 10.0. The van der Waals surface area contributed by atoms with Gasteiger partial charge in [-0.05, 0) is 19.3 Å². The number of primary amides is 1. The molecule has 0 aromatic rings. The van der Waals surface area contributed by atoms with Crippen molar-refractivity contribution in [2.45, 2.75) is 39.3 Å². The predicted molar refractivity (Wildman–Crippen MR) is 84.7 cm³/mol. The number of hydrogen-bond donors (Lipinski definition) is 1. The van der Waals surface area contributed by atoms with Crippen LogP contribution in [0, 0.1) is 5.92 Å². The SMILES string of the molecule is C=C(C)C(=O)N1CC=CC1C(=O)N(C)C(CC(C)C)C(N)=O. The quantitative estimate of drug-likeness (QED) is 0.579. The van der Waals surface area contributed by atoms with Gasteiger partial charge in [0.2, 0.25) is 17.7 Å². The average Bonchev–Trinajstić information content (AvgIpc) is 2.90. The van der Waals surface area contributed by atoms with Crippen LogP contribution in [0.25, 0.3) is 0 Å². The Morgan fingerprint density at radius 2 is 2.00 bits per heavy atom. The van der Waals surface area contributed by atoms with E-state index >= 15 is 0 Å². The second kappa shape index (κ2) is 7.24. The van der Waals surface area contributed by atoms with Gasteiger partial charge in [-0.1, -0.05) is 32.6 Å². The van der Waals surface area contributed by atoms with E-state index in [2.05, 4.69) is 6.58 Å². The summed E-state index contributed by atoms with van der Waals surface area (Å²) < 4.78 is 0. The van der Waals surface area contributed by atoms with Crippen LogP contribution in [0.5, 0.6) is 0 Å². The second-order valence-electron chi connectivity index (χ2n) is 6.11. The minimum absolute atomic E-state index is 0.222. The van der Waals surface area contributed by atoms with Crippen LogP contribution in [-0.2, 0) is 14.4 Å². The summed E-state index contributed by atoms with van der Waals surface area (Å²) in [4.78, 5) is 39.2. The molecule has 0 saturated heterocycles. The Bertz CT molecular complexity index is 511. The second-order valence-corrected chi connectivity index (χ2v) is 6.11. The number of nitrogens with zero attached hydrogens (tertiary/aromatic N) is 2. The van der Waals surface area contributed by atoms with Gasteiger partial charge in [-0.15, -0.1) is 0 Å². The third-order valence-corrected chi connectivity index (χ3v) is 3.67. The van der Waals surface area contributed by atoms with E-state index in [1.165, 1.54) is 9.80 Å². The van der Waals surface area contributed by atoms with Crippen molar-refractivity contribution in [2.75, 3.05) is 13.6 Å². The number of rotatable bonds is 6. The number of carbonyl (C=O) groups is 3. The normalized spacial score (nSPS) is 18.4. The van der Waals surface area contributed by atoms with Crippen molar-refractivity contribution in [1.29, 1.82) is 0 Å². The highest BCUT2D eigenvalue weighted by atomic mass is 16.2. The molecule has 0 saturated carbocycles. The Hall–Kier alpha value is -2.11. The smallest absolute Gasteiger partial charge is 0.250 e. The van der Waals surface area contributed by atoms with Crippen molar-refractivity contribution in [3.05, 3.63) is 24.3 Å². The molecule has 0 aromatic heterocycles. The van der Waals surface area contributed by atoms with Crippen LogP contribution in [-0.4, -0.2) is 53.2 Å². The standard InChI is InChI=1S/C16H25N3O3/c1-10(2)9-13(14(17)20)18(5)16(22)12-7-6-8-19(12)15(21)11(3)4/h6-7,10,12-13H,3,8-9H2,1-2,4-5H3,(H2,17,20). The lowest BCUT2D eigenvalue weighted by molar-refractivity contribution is -0.144. The van der Waals surface area contributed by atoms with Crippen LogP contribution in [0.1, 0.15) is 27.2 Å². The monoisotopic (exact) mass is 307 g/mol. The topological polar surface area (TPSA) is 83.7 Å². The Morgan fingerprint density at radius 1 is 1.41 bits per heavy atom. The minimum Gasteiger partial charge on any atom is -0.368 e. The van der Waals surface area contributed by atoms with Crippen LogP contribution < -0.4 is 5.73 Å². The van der Waals surface area contributed by atoms with Crippen molar-refractivity contribution in [2.24, 2.45) is 11.7 Å². The Balaban J connectivity index is 2.92. The summed E-state index contributed by atoms with van der Waals surface area (Å²) in [6, 6.07) is -1.38. The molecule has 1 aliphatic heterocycles. The van der Waals surface area contributed by atoms with E-state index < -0.39 is 18.0 Å². The predicted octanol–water partition coefficient (Wildman–Crippen LogP) is 0.688. The maximum absolute atomic E-state index is 12.7. The van der Waals surface area contributed by atoms with Crippen LogP contribution in [0.4, 0.5) is 0 Å². The summed E-state index contributed by atoms with van der Waals surface area (Å²) in [5.74, 6) is -0.895. The molecule has 0 aromatic carbocycles. The highest BCUT2D eigenvalue weighted by molar-refractivity contribution is 5.98. The molecule has 22 heavy (non-hydrogen) atoms. The zero-order valence-electron chi connectivity index (χ0n) is 13.7. The molecule has 2 N–H and O–H groups in total. The number of carbonyl (C=O) groups excluding carboxylic acids is 3. The van der Waals surface area contributed by atoms with Gasteiger partial charge >= 0.3 is 0 Å². The van der Waals surface area contributed by atoms with Gasteiger partial charge in [0, 0.05) is 19.2 Å². The summed E-state index contributed by atoms with van der Waals surface area (Å²) in [5, 5.41) is 0. The van der Waals surface area contributed by atoms with Crippen LogP contribution in [0.2, 0.25) is 0 Å². The molecule has 0 aliphatic carbocycles. The van der Waals surface area contributed by atoms with Crippen molar-refractivity contribution in [3.63, 3.8) is 0 Å². The van der Waals surface area contributed by atoms with E-state index in [4.69, 9.17) is 5.73 Å². The van der Waals surface area contributed by atoms with Gasteiger partial charge in [0.1, 0.15) is 12.1 Å². The summed E-state index contributed by atoms with van der Waals surface area (Å²) in [7, 11) is 1.55. The Labute approximate surface area is 131 Å². The van der Waals surface area contributed by atoms with E-state index in [1.807, 2.05) is 13.8 Å². The first-order valence-electron chi connectivity index (χ1n) is 7.36. The molecule has 3 amide bonds. The van der Waals surface area contributed by atoms with Crippen LogP contribution in [0.15, 0.2) is 24.3 Å². The summed E-state index contributed by atoms with van der Waals surface area (Å²) in [6.45, 7) is 9.51. The third kappa shape index (κ3) is 3.96. The van der Waals surface area contributed by atoms with E-state index in [9.17, 15) is 14.4 Å². The lowest BCUT2D eigenvalue weighted by Crippen LogP contribution is -2.53. The van der Waals surface area contributed by atoms with E-state index in [0.717, 1.165) is 0 Å². The Morgan fingerprint density at radius 3 is 2.45 bits per heavy atom. The molecule has 1 aliphatic rings. The fourth-order valence-electron chi connectivity index (χ4n) is 2.46. The van der Waals surface area contributed by atoms with E-state index in [0.29, 0.717) is 18.5 Å². The molecule has 2 unspecified atom stereocenters.